The van der Waals surface area contributed by atoms with Crippen LogP contribution in [0, 0.1) is 0 Å². The van der Waals surface area contributed by atoms with Gasteiger partial charge in [0.1, 0.15) is 0 Å². The molecule has 0 saturated heterocycles. The lowest BCUT2D eigenvalue weighted by Gasteiger charge is -2.00. The van der Waals surface area contributed by atoms with Crippen LogP contribution < -0.4 is 5.32 Å². The number of aryl methyl sites for hydroxylation is 1. The van der Waals surface area contributed by atoms with E-state index in [1.54, 1.807) is 11.3 Å². The Morgan fingerprint density at radius 3 is 3.12 bits per heavy atom. The standard InChI is InChI=1S/C13H18N2OS/c1-2-7-14-8-3-6-13-15-10-11(16-13)12-5-4-9-17-12/h4-5,9-10,14H,2-3,6-8H2,1H3. The molecule has 0 bridgehead atoms. The van der Waals surface area contributed by atoms with Gasteiger partial charge in [0.05, 0.1) is 11.1 Å². The van der Waals surface area contributed by atoms with Crippen LogP contribution in [0.3, 0.4) is 0 Å². The smallest absolute Gasteiger partial charge is 0.194 e. The van der Waals surface area contributed by atoms with Crippen molar-refractivity contribution in [3.8, 4) is 10.6 Å². The molecule has 2 aromatic heterocycles. The van der Waals surface area contributed by atoms with Gasteiger partial charge in [-0.3, -0.25) is 0 Å². The van der Waals surface area contributed by atoms with Crippen molar-refractivity contribution >= 4 is 11.3 Å². The van der Waals surface area contributed by atoms with Crippen molar-refractivity contribution in [2.24, 2.45) is 0 Å². The number of hydrogen-bond acceptors (Lipinski definition) is 4. The maximum Gasteiger partial charge on any atom is 0.194 e. The second-order valence-corrected chi connectivity index (χ2v) is 4.90. The van der Waals surface area contributed by atoms with Crippen molar-refractivity contribution in [1.29, 1.82) is 0 Å². The van der Waals surface area contributed by atoms with Gasteiger partial charge in [-0.1, -0.05) is 13.0 Å². The van der Waals surface area contributed by atoms with Gasteiger partial charge in [-0.2, -0.15) is 0 Å². The lowest BCUT2D eigenvalue weighted by Crippen LogP contribution is -2.16. The van der Waals surface area contributed by atoms with E-state index < -0.39 is 0 Å². The van der Waals surface area contributed by atoms with Crippen molar-refractivity contribution in [1.82, 2.24) is 10.3 Å². The summed E-state index contributed by atoms with van der Waals surface area (Å²) in [6.07, 6.45) is 4.98. The fourth-order valence-electron chi connectivity index (χ4n) is 1.62. The zero-order chi connectivity index (χ0) is 11.9. The number of rotatable bonds is 7. The maximum atomic E-state index is 5.71. The average Bonchev–Trinajstić information content (AvgIpc) is 2.99. The molecule has 0 amide bonds. The molecule has 0 unspecified atom stereocenters. The van der Waals surface area contributed by atoms with Gasteiger partial charge in [0, 0.05) is 6.42 Å². The van der Waals surface area contributed by atoms with Gasteiger partial charge in [-0.15, -0.1) is 11.3 Å². The normalized spacial score (nSPS) is 10.9. The van der Waals surface area contributed by atoms with E-state index in [0.29, 0.717) is 0 Å². The SMILES string of the molecule is CCCNCCCc1ncc(-c2cccs2)o1. The van der Waals surface area contributed by atoms with Crippen LogP contribution in [-0.4, -0.2) is 18.1 Å². The molecule has 0 aliphatic rings. The first-order chi connectivity index (χ1) is 8.40. The highest BCUT2D eigenvalue weighted by Crippen LogP contribution is 2.25. The van der Waals surface area contributed by atoms with Gasteiger partial charge < -0.3 is 9.73 Å². The van der Waals surface area contributed by atoms with E-state index >= 15 is 0 Å². The van der Waals surface area contributed by atoms with E-state index in [1.807, 2.05) is 17.6 Å². The molecule has 0 aliphatic carbocycles. The molecule has 17 heavy (non-hydrogen) atoms. The van der Waals surface area contributed by atoms with Gasteiger partial charge in [-0.05, 0) is 37.4 Å². The minimum atomic E-state index is 0.840. The Hall–Kier alpha value is -1.13. The minimum Gasteiger partial charge on any atom is -0.440 e. The molecule has 0 spiro atoms. The zero-order valence-corrected chi connectivity index (χ0v) is 10.9. The summed E-state index contributed by atoms with van der Waals surface area (Å²) in [6.45, 7) is 4.30. The number of oxazole rings is 1. The minimum absolute atomic E-state index is 0.840. The summed E-state index contributed by atoms with van der Waals surface area (Å²) in [5.41, 5.74) is 0. The molecule has 2 rings (SSSR count). The zero-order valence-electron chi connectivity index (χ0n) is 10.1. The summed E-state index contributed by atoms with van der Waals surface area (Å²) in [5.74, 6) is 1.73. The Bertz CT molecular complexity index is 422. The largest absolute Gasteiger partial charge is 0.440 e. The molecule has 0 aromatic carbocycles. The first kappa shape index (κ1) is 12.3. The lowest BCUT2D eigenvalue weighted by atomic mass is 10.3. The van der Waals surface area contributed by atoms with Crippen LogP contribution in [0.5, 0.6) is 0 Å². The molecule has 0 aliphatic heterocycles. The molecule has 4 heteroatoms. The molecule has 0 atom stereocenters. The van der Waals surface area contributed by atoms with Crippen LogP contribution in [0.1, 0.15) is 25.7 Å². The Labute approximate surface area is 106 Å². The van der Waals surface area contributed by atoms with Gasteiger partial charge >= 0.3 is 0 Å². The summed E-state index contributed by atoms with van der Waals surface area (Å²) >= 11 is 1.68. The lowest BCUT2D eigenvalue weighted by molar-refractivity contribution is 0.492. The van der Waals surface area contributed by atoms with Crippen molar-refractivity contribution in [3.05, 3.63) is 29.6 Å². The quantitative estimate of drug-likeness (QED) is 0.766. The first-order valence-corrected chi connectivity index (χ1v) is 6.97. The van der Waals surface area contributed by atoms with Crippen LogP contribution in [0.15, 0.2) is 28.1 Å². The number of thiophene rings is 1. The predicted molar refractivity (Wildman–Crippen MR) is 71.3 cm³/mol. The number of aromatic nitrogens is 1. The highest BCUT2D eigenvalue weighted by molar-refractivity contribution is 7.13. The molecular weight excluding hydrogens is 232 g/mol. The monoisotopic (exact) mass is 250 g/mol. The second-order valence-electron chi connectivity index (χ2n) is 3.95. The van der Waals surface area contributed by atoms with E-state index in [9.17, 15) is 0 Å². The van der Waals surface area contributed by atoms with Gasteiger partial charge in [0.25, 0.3) is 0 Å². The Morgan fingerprint density at radius 2 is 2.35 bits per heavy atom. The van der Waals surface area contributed by atoms with E-state index in [4.69, 9.17) is 4.42 Å². The summed E-state index contributed by atoms with van der Waals surface area (Å²) in [4.78, 5) is 5.45. The summed E-state index contributed by atoms with van der Waals surface area (Å²) < 4.78 is 5.71. The molecule has 2 heterocycles. The third-order valence-corrected chi connectivity index (χ3v) is 3.37. The fourth-order valence-corrected chi connectivity index (χ4v) is 2.30. The Balaban J connectivity index is 1.79. The summed E-state index contributed by atoms with van der Waals surface area (Å²) in [7, 11) is 0. The van der Waals surface area contributed by atoms with Crippen molar-refractivity contribution in [2.75, 3.05) is 13.1 Å². The second kappa shape index (κ2) is 6.57. The highest BCUT2D eigenvalue weighted by atomic mass is 32.1. The predicted octanol–water partition coefficient (Wildman–Crippen LogP) is 3.34. The summed E-state index contributed by atoms with van der Waals surface area (Å²) in [6, 6.07) is 4.08. The van der Waals surface area contributed by atoms with Crippen LogP contribution in [0.25, 0.3) is 10.6 Å². The van der Waals surface area contributed by atoms with E-state index in [1.165, 1.54) is 6.42 Å². The number of nitrogens with zero attached hydrogens (tertiary/aromatic N) is 1. The van der Waals surface area contributed by atoms with Gasteiger partial charge in [-0.25, -0.2) is 4.98 Å². The summed E-state index contributed by atoms with van der Waals surface area (Å²) in [5, 5.41) is 5.42. The van der Waals surface area contributed by atoms with Crippen molar-refractivity contribution in [2.45, 2.75) is 26.2 Å². The van der Waals surface area contributed by atoms with Crippen LogP contribution in [0.4, 0.5) is 0 Å². The molecule has 0 radical (unpaired) electrons. The van der Waals surface area contributed by atoms with Crippen LogP contribution in [0.2, 0.25) is 0 Å². The van der Waals surface area contributed by atoms with Crippen molar-refractivity contribution in [3.63, 3.8) is 0 Å². The van der Waals surface area contributed by atoms with Crippen molar-refractivity contribution < 1.29 is 4.42 Å². The Morgan fingerprint density at radius 1 is 1.41 bits per heavy atom. The Kier molecular flexibility index (Phi) is 4.76. The maximum absolute atomic E-state index is 5.71. The fraction of sp³-hybridized carbons (Fsp3) is 0.462. The van der Waals surface area contributed by atoms with E-state index in [-0.39, 0.29) is 0 Å². The third-order valence-electron chi connectivity index (χ3n) is 2.49. The molecule has 0 fully saturated rings. The molecule has 3 nitrogen and oxygen atoms in total. The molecule has 92 valence electrons. The molecule has 1 N–H and O–H groups in total. The molecule has 0 saturated carbocycles. The van der Waals surface area contributed by atoms with Crippen LogP contribution >= 0.6 is 11.3 Å². The molecular formula is C13H18N2OS. The first-order valence-electron chi connectivity index (χ1n) is 6.09. The van der Waals surface area contributed by atoms with Gasteiger partial charge in [0.15, 0.2) is 11.7 Å². The highest BCUT2D eigenvalue weighted by Gasteiger charge is 2.06. The third kappa shape index (κ3) is 3.68. The topological polar surface area (TPSA) is 38.1 Å². The van der Waals surface area contributed by atoms with E-state index in [0.717, 1.165) is 42.5 Å². The van der Waals surface area contributed by atoms with Crippen LogP contribution in [-0.2, 0) is 6.42 Å². The van der Waals surface area contributed by atoms with E-state index in [2.05, 4.69) is 23.3 Å². The average molecular weight is 250 g/mol. The molecule has 2 aromatic rings. The number of hydrogen-bond donors (Lipinski definition) is 1. The van der Waals surface area contributed by atoms with Gasteiger partial charge in [0.2, 0.25) is 0 Å². The number of nitrogens with one attached hydrogen (secondary N) is 1.